The molecule has 0 saturated carbocycles. The maximum atomic E-state index is 12.0. The van der Waals surface area contributed by atoms with E-state index < -0.39 is 0 Å². The van der Waals surface area contributed by atoms with E-state index in [2.05, 4.69) is 5.32 Å². The third kappa shape index (κ3) is 4.56. The molecule has 1 rings (SSSR count). The van der Waals surface area contributed by atoms with Crippen molar-refractivity contribution in [2.75, 3.05) is 18.9 Å². The predicted molar refractivity (Wildman–Crippen MR) is 78.7 cm³/mol. The SMILES string of the molecule is CCC(CCO)CNC(=O)c1cc(Cl)c(N)c(Cl)c1. The van der Waals surface area contributed by atoms with E-state index in [1.807, 2.05) is 6.92 Å². The summed E-state index contributed by atoms with van der Waals surface area (Å²) < 4.78 is 0. The van der Waals surface area contributed by atoms with E-state index in [1.54, 1.807) is 0 Å². The van der Waals surface area contributed by atoms with Crippen LogP contribution in [-0.2, 0) is 0 Å². The number of anilines is 1. The highest BCUT2D eigenvalue weighted by Gasteiger charge is 2.13. The summed E-state index contributed by atoms with van der Waals surface area (Å²) in [5, 5.41) is 12.2. The molecule has 4 nitrogen and oxygen atoms in total. The molecule has 0 saturated heterocycles. The molecule has 1 unspecified atom stereocenters. The molecule has 1 aromatic carbocycles. The molecule has 19 heavy (non-hydrogen) atoms. The van der Waals surface area contributed by atoms with Gasteiger partial charge < -0.3 is 16.2 Å². The smallest absolute Gasteiger partial charge is 0.251 e. The van der Waals surface area contributed by atoms with Gasteiger partial charge in [-0.05, 0) is 24.5 Å². The highest BCUT2D eigenvalue weighted by atomic mass is 35.5. The van der Waals surface area contributed by atoms with E-state index in [-0.39, 0.29) is 34.2 Å². The summed E-state index contributed by atoms with van der Waals surface area (Å²) in [4.78, 5) is 12.0. The topological polar surface area (TPSA) is 75.3 Å². The summed E-state index contributed by atoms with van der Waals surface area (Å²) in [7, 11) is 0. The number of aliphatic hydroxyl groups excluding tert-OH is 1. The van der Waals surface area contributed by atoms with Crippen molar-refractivity contribution in [3.05, 3.63) is 27.7 Å². The first-order valence-corrected chi connectivity index (χ1v) is 6.88. The van der Waals surface area contributed by atoms with Crippen molar-refractivity contribution < 1.29 is 9.90 Å². The molecular formula is C13H18Cl2N2O2. The summed E-state index contributed by atoms with van der Waals surface area (Å²) in [6, 6.07) is 2.98. The number of nitrogens with one attached hydrogen (secondary N) is 1. The van der Waals surface area contributed by atoms with Gasteiger partial charge in [0.1, 0.15) is 0 Å². The normalized spacial score (nSPS) is 12.2. The zero-order chi connectivity index (χ0) is 14.4. The molecule has 0 aliphatic rings. The lowest BCUT2D eigenvalue weighted by Crippen LogP contribution is -2.29. The lowest BCUT2D eigenvalue weighted by Gasteiger charge is -2.14. The maximum absolute atomic E-state index is 12.0. The minimum atomic E-state index is -0.250. The Morgan fingerprint density at radius 3 is 2.47 bits per heavy atom. The van der Waals surface area contributed by atoms with Crippen molar-refractivity contribution >= 4 is 34.8 Å². The molecule has 0 aromatic heterocycles. The summed E-state index contributed by atoms with van der Waals surface area (Å²) in [6.07, 6.45) is 1.56. The van der Waals surface area contributed by atoms with Crippen LogP contribution in [0.15, 0.2) is 12.1 Å². The number of nitrogens with two attached hydrogens (primary N) is 1. The summed E-state index contributed by atoms with van der Waals surface area (Å²) in [5.41, 5.74) is 6.26. The first-order valence-electron chi connectivity index (χ1n) is 6.13. The molecule has 1 aromatic rings. The Balaban J connectivity index is 2.68. The number of benzene rings is 1. The van der Waals surface area contributed by atoms with Crippen molar-refractivity contribution in [3.8, 4) is 0 Å². The van der Waals surface area contributed by atoms with Crippen LogP contribution >= 0.6 is 23.2 Å². The molecule has 0 heterocycles. The standard InChI is InChI=1S/C13H18Cl2N2O2/c1-2-8(3-4-18)7-17-13(19)9-5-10(14)12(16)11(15)6-9/h5-6,8,18H,2-4,7,16H2,1H3,(H,17,19). The highest BCUT2D eigenvalue weighted by Crippen LogP contribution is 2.28. The van der Waals surface area contributed by atoms with Crippen molar-refractivity contribution in [2.24, 2.45) is 5.92 Å². The van der Waals surface area contributed by atoms with Crippen molar-refractivity contribution in [1.82, 2.24) is 5.32 Å². The molecule has 4 N–H and O–H groups in total. The van der Waals surface area contributed by atoms with Crippen molar-refractivity contribution in [3.63, 3.8) is 0 Å². The number of carbonyl (C=O) groups excluding carboxylic acids is 1. The summed E-state index contributed by atoms with van der Waals surface area (Å²) in [5.74, 6) is 0.00821. The Hall–Kier alpha value is -0.970. The quantitative estimate of drug-likeness (QED) is 0.707. The molecule has 0 fully saturated rings. The van der Waals surface area contributed by atoms with Crippen LogP contribution < -0.4 is 11.1 Å². The van der Waals surface area contributed by atoms with Crippen molar-refractivity contribution in [2.45, 2.75) is 19.8 Å². The summed E-state index contributed by atoms with van der Waals surface area (Å²) >= 11 is 11.8. The zero-order valence-corrected chi connectivity index (χ0v) is 12.3. The van der Waals surface area contributed by atoms with Crippen LogP contribution in [0, 0.1) is 5.92 Å². The van der Waals surface area contributed by atoms with Crippen LogP contribution in [0.2, 0.25) is 10.0 Å². The van der Waals surface area contributed by atoms with E-state index in [1.165, 1.54) is 12.1 Å². The van der Waals surface area contributed by atoms with Gasteiger partial charge in [-0.3, -0.25) is 4.79 Å². The van der Waals surface area contributed by atoms with E-state index in [4.69, 9.17) is 34.0 Å². The second kappa shape index (κ2) is 7.58. The van der Waals surface area contributed by atoms with Crippen LogP contribution in [0.3, 0.4) is 0 Å². The van der Waals surface area contributed by atoms with E-state index in [0.29, 0.717) is 18.5 Å². The Labute approximate surface area is 122 Å². The molecule has 0 bridgehead atoms. The first-order chi connectivity index (χ1) is 8.99. The minimum absolute atomic E-state index is 0.119. The Morgan fingerprint density at radius 2 is 2.00 bits per heavy atom. The largest absolute Gasteiger partial charge is 0.396 e. The first kappa shape index (κ1) is 16.1. The zero-order valence-electron chi connectivity index (χ0n) is 10.7. The van der Waals surface area contributed by atoms with Gasteiger partial charge in [0.05, 0.1) is 15.7 Å². The number of hydrogen-bond donors (Lipinski definition) is 3. The van der Waals surface area contributed by atoms with Crippen LogP contribution in [0.1, 0.15) is 30.1 Å². The monoisotopic (exact) mass is 304 g/mol. The van der Waals surface area contributed by atoms with Gasteiger partial charge in [-0.25, -0.2) is 0 Å². The second-order valence-corrected chi connectivity index (χ2v) is 5.16. The highest BCUT2D eigenvalue weighted by molar-refractivity contribution is 6.39. The van der Waals surface area contributed by atoms with Crippen molar-refractivity contribution in [1.29, 1.82) is 0 Å². The van der Waals surface area contributed by atoms with Crippen LogP contribution in [0.5, 0.6) is 0 Å². The number of hydrogen-bond acceptors (Lipinski definition) is 3. The minimum Gasteiger partial charge on any atom is -0.396 e. The van der Waals surface area contributed by atoms with Gasteiger partial charge >= 0.3 is 0 Å². The fourth-order valence-electron chi connectivity index (χ4n) is 1.69. The lowest BCUT2D eigenvalue weighted by molar-refractivity contribution is 0.0943. The molecule has 0 aliphatic carbocycles. The van der Waals surface area contributed by atoms with Gasteiger partial charge in [0.2, 0.25) is 0 Å². The number of aliphatic hydroxyl groups is 1. The van der Waals surface area contributed by atoms with Crippen LogP contribution in [0.25, 0.3) is 0 Å². The van der Waals surface area contributed by atoms with Crippen LogP contribution in [0.4, 0.5) is 5.69 Å². The number of carbonyl (C=O) groups is 1. The fourth-order valence-corrected chi connectivity index (χ4v) is 2.17. The Kier molecular flexibility index (Phi) is 6.42. The Morgan fingerprint density at radius 1 is 1.42 bits per heavy atom. The van der Waals surface area contributed by atoms with Gasteiger partial charge in [0.25, 0.3) is 5.91 Å². The molecular weight excluding hydrogens is 287 g/mol. The number of amides is 1. The molecule has 1 atom stereocenters. The predicted octanol–water partition coefficient (Wildman–Crippen LogP) is 2.71. The average Bonchev–Trinajstić information content (AvgIpc) is 2.39. The molecule has 0 aliphatic heterocycles. The van der Waals surface area contributed by atoms with Gasteiger partial charge in [-0.1, -0.05) is 36.5 Å². The van der Waals surface area contributed by atoms with Gasteiger partial charge in [0.15, 0.2) is 0 Å². The second-order valence-electron chi connectivity index (χ2n) is 4.35. The molecule has 106 valence electrons. The Bertz CT molecular complexity index is 429. The average molecular weight is 305 g/mol. The molecule has 6 heteroatoms. The third-order valence-corrected chi connectivity index (χ3v) is 3.63. The van der Waals surface area contributed by atoms with Gasteiger partial charge in [0, 0.05) is 18.7 Å². The number of nitrogen functional groups attached to an aromatic ring is 1. The molecule has 0 spiro atoms. The molecule has 1 amide bonds. The fraction of sp³-hybridized carbons (Fsp3) is 0.462. The maximum Gasteiger partial charge on any atom is 0.251 e. The third-order valence-electron chi connectivity index (χ3n) is 3.01. The van der Waals surface area contributed by atoms with Gasteiger partial charge in [-0.2, -0.15) is 0 Å². The van der Waals surface area contributed by atoms with Gasteiger partial charge in [-0.15, -0.1) is 0 Å². The number of rotatable bonds is 6. The van der Waals surface area contributed by atoms with Crippen LogP contribution in [-0.4, -0.2) is 24.2 Å². The lowest BCUT2D eigenvalue weighted by atomic mass is 10.0. The number of halogens is 2. The van der Waals surface area contributed by atoms with E-state index >= 15 is 0 Å². The molecule has 0 radical (unpaired) electrons. The summed E-state index contributed by atoms with van der Waals surface area (Å²) in [6.45, 7) is 2.65. The van der Waals surface area contributed by atoms with E-state index in [0.717, 1.165) is 6.42 Å². The van der Waals surface area contributed by atoms with E-state index in [9.17, 15) is 4.79 Å².